The maximum absolute atomic E-state index is 12.7. The molecule has 0 bridgehead atoms. The molecule has 3 aliphatic carbocycles. The Morgan fingerprint density at radius 3 is 2.76 bits per heavy atom. The van der Waals surface area contributed by atoms with Crippen LogP contribution >= 0.6 is 11.3 Å². The van der Waals surface area contributed by atoms with Crippen LogP contribution in [0.1, 0.15) is 73.4 Å². The van der Waals surface area contributed by atoms with Crippen molar-refractivity contribution in [3.63, 3.8) is 0 Å². The highest BCUT2D eigenvalue weighted by Crippen LogP contribution is 2.57. The number of carbonyl (C=O) groups is 2. The minimum absolute atomic E-state index is 0.0190. The maximum Gasteiger partial charge on any atom is 0.277 e. The van der Waals surface area contributed by atoms with Crippen molar-refractivity contribution in [1.29, 1.82) is 0 Å². The second-order valence-electron chi connectivity index (χ2n) is 10.3. The predicted molar refractivity (Wildman–Crippen MR) is 125 cm³/mol. The number of thiazole rings is 1. The van der Waals surface area contributed by atoms with E-state index < -0.39 is 6.10 Å². The fraction of sp³-hybridized carbons (Fsp3) is 0.625. The van der Waals surface area contributed by atoms with Crippen molar-refractivity contribution in [3.05, 3.63) is 34.9 Å². The smallest absolute Gasteiger partial charge is 0.277 e. The van der Waals surface area contributed by atoms with Gasteiger partial charge in [-0.3, -0.25) is 19.9 Å². The van der Waals surface area contributed by atoms with Gasteiger partial charge in [0.05, 0.1) is 18.0 Å². The van der Waals surface area contributed by atoms with E-state index in [4.69, 9.17) is 4.98 Å². The van der Waals surface area contributed by atoms with Crippen molar-refractivity contribution in [1.82, 2.24) is 20.3 Å². The van der Waals surface area contributed by atoms with Crippen LogP contribution in [0.25, 0.3) is 0 Å². The lowest BCUT2D eigenvalue weighted by molar-refractivity contribution is -0.134. The number of aliphatic hydroxyl groups is 1. The average molecular weight is 470 g/mol. The van der Waals surface area contributed by atoms with Crippen LogP contribution < -0.4 is 10.6 Å². The molecule has 6 atom stereocenters. The average Bonchev–Trinajstić information content (AvgIpc) is 3.51. The third-order valence-electron chi connectivity index (χ3n) is 7.92. The molecule has 9 heteroatoms. The van der Waals surface area contributed by atoms with Crippen LogP contribution in [0.3, 0.4) is 0 Å². The fourth-order valence-electron chi connectivity index (χ4n) is 5.93. The van der Waals surface area contributed by atoms with Crippen LogP contribution in [0.2, 0.25) is 0 Å². The Hall–Kier alpha value is -2.39. The number of anilines is 1. The maximum atomic E-state index is 12.7. The molecule has 8 nitrogen and oxygen atoms in total. The second-order valence-corrected chi connectivity index (χ2v) is 11.4. The number of nitrogens with one attached hydrogen (secondary N) is 2. The summed E-state index contributed by atoms with van der Waals surface area (Å²) >= 11 is 1.51. The SMILES string of the molecule is C[C@H](C(=O)NC1CC1)[C@@H]1CC[C@@]2(C)Cc3sc(NC(=O)c4cnccn4)nc3[C@@H](C)[C@@H]2[C@H]1O. The Morgan fingerprint density at radius 1 is 1.27 bits per heavy atom. The van der Waals surface area contributed by atoms with Crippen LogP contribution in [0.5, 0.6) is 0 Å². The summed E-state index contributed by atoms with van der Waals surface area (Å²) in [4.78, 5) is 39.1. The number of rotatable bonds is 5. The Morgan fingerprint density at radius 2 is 2.06 bits per heavy atom. The van der Waals surface area contributed by atoms with Crippen LogP contribution in [0, 0.1) is 23.2 Å². The van der Waals surface area contributed by atoms with E-state index in [0.29, 0.717) is 11.2 Å². The molecule has 0 aromatic carbocycles. The topological polar surface area (TPSA) is 117 Å². The van der Waals surface area contributed by atoms with Gasteiger partial charge < -0.3 is 10.4 Å². The molecule has 2 aromatic rings. The Balaban J connectivity index is 1.35. The summed E-state index contributed by atoms with van der Waals surface area (Å²) in [5.41, 5.74) is 1.14. The van der Waals surface area contributed by atoms with E-state index in [2.05, 4.69) is 34.4 Å². The second kappa shape index (κ2) is 8.43. The normalized spacial score (nSPS) is 31.8. The van der Waals surface area contributed by atoms with E-state index in [0.717, 1.165) is 37.8 Å². The Bertz CT molecular complexity index is 1060. The molecular weight excluding hydrogens is 438 g/mol. The molecule has 2 heterocycles. The molecule has 0 spiro atoms. The van der Waals surface area contributed by atoms with Crippen LogP contribution in [-0.4, -0.2) is 44.0 Å². The van der Waals surface area contributed by atoms with Gasteiger partial charge >= 0.3 is 0 Å². The van der Waals surface area contributed by atoms with Crippen molar-refractivity contribution in [2.45, 2.75) is 70.9 Å². The number of nitrogens with zero attached hydrogens (tertiary/aromatic N) is 3. The lowest BCUT2D eigenvalue weighted by Crippen LogP contribution is -2.53. The molecule has 5 rings (SSSR count). The zero-order valence-electron chi connectivity index (χ0n) is 19.2. The first-order valence-electron chi connectivity index (χ1n) is 11.8. The number of amides is 2. The van der Waals surface area contributed by atoms with E-state index in [9.17, 15) is 14.7 Å². The first-order valence-corrected chi connectivity index (χ1v) is 12.6. The zero-order chi connectivity index (χ0) is 23.3. The molecule has 2 fully saturated rings. The number of hydrogen-bond donors (Lipinski definition) is 3. The Labute approximate surface area is 197 Å². The van der Waals surface area contributed by atoms with Crippen molar-refractivity contribution in [2.75, 3.05) is 5.32 Å². The molecule has 3 N–H and O–H groups in total. The van der Waals surface area contributed by atoms with Crippen molar-refractivity contribution in [3.8, 4) is 0 Å². The summed E-state index contributed by atoms with van der Waals surface area (Å²) < 4.78 is 0. The molecular formula is C24H31N5O3S. The summed E-state index contributed by atoms with van der Waals surface area (Å²) in [7, 11) is 0. The van der Waals surface area contributed by atoms with Crippen LogP contribution in [-0.2, 0) is 11.2 Å². The minimum Gasteiger partial charge on any atom is -0.392 e. The van der Waals surface area contributed by atoms with Gasteiger partial charge in [0.1, 0.15) is 5.69 Å². The molecule has 2 saturated carbocycles. The Kier molecular flexibility index (Phi) is 5.73. The molecule has 3 aliphatic rings. The van der Waals surface area contributed by atoms with E-state index in [1.807, 2.05) is 6.92 Å². The highest BCUT2D eigenvalue weighted by molar-refractivity contribution is 7.15. The van der Waals surface area contributed by atoms with Gasteiger partial charge in [0.2, 0.25) is 5.91 Å². The first kappa shape index (κ1) is 22.4. The van der Waals surface area contributed by atoms with Gasteiger partial charge in [-0.25, -0.2) is 9.97 Å². The van der Waals surface area contributed by atoms with Crippen molar-refractivity contribution < 1.29 is 14.7 Å². The van der Waals surface area contributed by atoms with Crippen LogP contribution in [0.15, 0.2) is 18.6 Å². The number of fused-ring (bicyclic) bond motifs is 2. The molecule has 0 radical (unpaired) electrons. The third-order valence-corrected chi connectivity index (χ3v) is 8.90. The largest absolute Gasteiger partial charge is 0.392 e. The molecule has 0 aliphatic heterocycles. The highest BCUT2D eigenvalue weighted by atomic mass is 32.1. The highest BCUT2D eigenvalue weighted by Gasteiger charge is 2.54. The summed E-state index contributed by atoms with van der Waals surface area (Å²) in [5.74, 6) is -0.478. The molecule has 0 unspecified atom stereocenters. The van der Waals surface area contributed by atoms with Gasteiger partial charge in [0.25, 0.3) is 5.91 Å². The molecule has 2 amide bonds. The van der Waals surface area contributed by atoms with Gasteiger partial charge in [-0.2, -0.15) is 0 Å². The monoisotopic (exact) mass is 469 g/mol. The lowest BCUT2D eigenvalue weighted by Gasteiger charge is -2.53. The minimum atomic E-state index is -0.564. The first-order chi connectivity index (χ1) is 15.8. The number of hydrogen-bond acceptors (Lipinski definition) is 7. The van der Waals surface area contributed by atoms with E-state index in [-0.39, 0.29) is 46.6 Å². The molecule has 33 heavy (non-hydrogen) atoms. The van der Waals surface area contributed by atoms with E-state index >= 15 is 0 Å². The molecule has 0 saturated heterocycles. The van der Waals surface area contributed by atoms with Crippen LogP contribution in [0.4, 0.5) is 5.13 Å². The van der Waals surface area contributed by atoms with Gasteiger partial charge in [-0.05, 0) is 49.4 Å². The third kappa shape index (κ3) is 4.17. The van der Waals surface area contributed by atoms with Crippen molar-refractivity contribution >= 4 is 28.3 Å². The molecule has 2 aromatic heterocycles. The van der Waals surface area contributed by atoms with E-state index in [1.165, 1.54) is 34.8 Å². The number of carbonyl (C=O) groups excluding carboxylic acids is 2. The summed E-state index contributed by atoms with van der Waals surface area (Å²) in [6.45, 7) is 6.33. The summed E-state index contributed by atoms with van der Waals surface area (Å²) in [6, 6.07) is 0.326. The fourth-order valence-corrected chi connectivity index (χ4v) is 7.19. The van der Waals surface area contributed by atoms with Crippen molar-refractivity contribution in [2.24, 2.45) is 23.2 Å². The zero-order valence-corrected chi connectivity index (χ0v) is 20.1. The summed E-state index contributed by atoms with van der Waals surface area (Å²) in [5, 5.41) is 18.0. The number of aliphatic hydroxyl groups excluding tert-OH is 1. The lowest BCUT2D eigenvalue weighted by atomic mass is 9.53. The standard InChI is InChI=1S/C24H31N5O3S/c1-12(21(31)27-14-4-5-14)15-6-7-24(3)10-17-19(13(2)18(24)20(15)30)28-23(33-17)29-22(32)16-11-25-8-9-26-16/h8-9,11-15,18,20,30H,4-7,10H2,1-3H3,(H,27,31)(H,28,29,32)/t12-,13-,15-,18+,20-,24-/m0/s1. The summed E-state index contributed by atoms with van der Waals surface area (Å²) in [6.07, 6.45) is 8.62. The van der Waals surface area contributed by atoms with Gasteiger partial charge in [0.15, 0.2) is 5.13 Å². The molecule has 176 valence electrons. The predicted octanol–water partition coefficient (Wildman–Crippen LogP) is 3.15. The van der Waals surface area contributed by atoms with Gasteiger partial charge in [0, 0.05) is 35.1 Å². The van der Waals surface area contributed by atoms with Gasteiger partial charge in [-0.15, -0.1) is 11.3 Å². The number of aromatic nitrogens is 3. The quantitative estimate of drug-likeness (QED) is 0.619. The van der Waals surface area contributed by atoms with E-state index in [1.54, 1.807) is 0 Å². The van der Waals surface area contributed by atoms with Gasteiger partial charge in [-0.1, -0.05) is 20.8 Å².